The third-order valence-electron chi connectivity index (χ3n) is 4.36. The van der Waals surface area contributed by atoms with E-state index < -0.39 is 0 Å². The molecule has 2 unspecified atom stereocenters. The van der Waals surface area contributed by atoms with E-state index in [1.54, 1.807) is 0 Å². The summed E-state index contributed by atoms with van der Waals surface area (Å²) in [5.41, 5.74) is 2.00. The zero-order valence-corrected chi connectivity index (χ0v) is 12.8. The molecule has 4 heteroatoms. The van der Waals surface area contributed by atoms with E-state index in [1.807, 2.05) is 24.3 Å². The Morgan fingerprint density at radius 3 is 2.76 bits per heavy atom. The Labute approximate surface area is 126 Å². The smallest absolute Gasteiger partial charge is 0.319 e. The van der Waals surface area contributed by atoms with Crippen LogP contribution in [0.3, 0.4) is 0 Å². The minimum absolute atomic E-state index is 0.0753. The molecule has 116 valence electrons. The molecule has 4 nitrogen and oxygen atoms in total. The normalized spacial score (nSPS) is 22.4. The van der Waals surface area contributed by atoms with E-state index in [9.17, 15) is 9.90 Å². The van der Waals surface area contributed by atoms with Gasteiger partial charge in [0.05, 0.1) is 0 Å². The lowest BCUT2D eigenvalue weighted by Crippen LogP contribution is -2.43. The first-order valence-corrected chi connectivity index (χ1v) is 8.01. The number of rotatable bonds is 4. The van der Waals surface area contributed by atoms with Crippen LogP contribution in [0.25, 0.3) is 0 Å². The number of nitrogens with one attached hydrogen (secondary N) is 2. The van der Waals surface area contributed by atoms with Crippen LogP contribution < -0.4 is 10.6 Å². The van der Waals surface area contributed by atoms with Gasteiger partial charge in [0.15, 0.2) is 0 Å². The predicted molar refractivity (Wildman–Crippen MR) is 85.4 cm³/mol. The Kier molecular flexibility index (Phi) is 6.05. The highest BCUT2D eigenvalue weighted by Gasteiger charge is 2.24. The molecule has 1 saturated carbocycles. The number of carbonyl (C=O) groups excluding carboxylic acids is 1. The second-order valence-electron chi connectivity index (χ2n) is 5.80. The fraction of sp³-hybridized carbons (Fsp3) is 0.588. The van der Waals surface area contributed by atoms with Crippen LogP contribution in [0.1, 0.15) is 44.6 Å². The van der Waals surface area contributed by atoms with Gasteiger partial charge >= 0.3 is 6.03 Å². The molecule has 2 amide bonds. The molecule has 21 heavy (non-hydrogen) atoms. The molecule has 0 spiro atoms. The Morgan fingerprint density at radius 1 is 1.24 bits per heavy atom. The fourth-order valence-corrected chi connectivity index (χ4v) is 3.07. The molecule has 1 fully saturated rings. The molecule has 0 bridgehead atoms. The van der Waals surface area contributed by atoms with Crippen LogP contribution in [0.2, 0.25) is 0 Å². The molecule has 0 heterocycles. The van der Waals surface area contributed by atoms with Crippen molar-refractivity contribution in [2.75, 3.05) is 11.9 Å². The Bertz CT molecular complexity index is 462. The molecule has 1 aromatic rings. The zero-order valence-electron chi connectivity index (χ0n) is 12.8. The zero-order chi connectivity index (χ0) is 15.1. The van der Waals surface area contributed by atoms with Gasteiger partial charge < -0.3 is 15.7 Å². The van der Waals surface area contributed by atoms with Crippen molar-refractivity contribution in [3.63, 3.8) is 0 Å². The average molecular weight is 290 g/mol. The Hall–Kier alpha value is -1.55. The maximum absolute atomic E-state index is 12.2. The summed E-state index contributed by atoms with van der Waals surface area (Å²) in [6, 6.07) is 7.77. The topological polar surface area (TPSA) is 61.4 Å². The van der Waals surface area contributed by atoms with Gasteiger partial charge in [0.2, 0.25) is 0 Å². The van der Waals surface area contributed by atoms with E-state index >= 15 is 0 Å². The lowest BCUT2D eigenvalue weighted by Gasteiger charge is -2.24. The number of amides is 2. The lowest BCUT2D eigenvalue weighted by molar-refractivity contribution is 0.182. The summed E-state index contributed by atoms with van der Waals surface area (Å²) in [7, 11) is 0. The molecule has 0 aromatic heterocycles. The number of hydrogen-bond donors (Lipinski definition) is 3. The number of hydrogen-bond acceptors (Lipinski definition) is 2. The maximum Gasteiger partial charge on any atom is 0.319 e. The van der Waals surface area contributed by atoms with Crippen molar-refractivity contribution in [1.29, 1.82) is 0 Å². The first-order valence-electron chi connectivity index (χ1n) is 8.01. The number of anilines is 1. The number of aliphatic hydroxyl groups excluding tert-OH is 1. The molecule has 2 rings (SSSR count). The monoisotopic (exact) mass is 290 g/mol. The molecule has 2 atom stereocenters. The summed E-state index contributed by atoms with van der Waals surface area (Å²) in [6.07, 6.45) is 6.28. The third kappa shape index (κ3) is 4.46. The van der Waals surface area contributed by atoms with Crippen molar-refractivity contribution in [2.45, 2.75) is 51.5 Å². The summed E-state index contributed by atoms with van der Waals surface area (Å²) in [5.74, 6) is 0.180. The molecule has 1 aliphatic carbocycles. The first kappa shape index (κ1) is 15.8. The van der Waals surface area contributed by atoms with Gasteiger partial charge in [0.1, 0.15) is 0 Å². The molecular formula is C17H26N2O2. The fourth-order valence-electron chi connectivity index (χ4n) is 3.07. The summed E-state index contributed by atoms with van der Waals surface area (Å²) in [5, 5.41) is 15.5. The third-order valence-corrected chi connectivity index (χ3v) is 4.36. The van der Waals surface area contributed by atoms with E-state index in [2.05, 4.69) is 17.6 Å². The van der Waals surface area contributed by atoms with Crippen LogP contribution in [0.4, 0.5) is 10.5 Å². The van der Waals surface area contributed by atoms with Gasteiger partial charge in [0.25, 0.3) is 0 Å². The number of urea groups is 1. The number of aliphatic hydroxyl groups is 1. The summed E-state index contributed by atoms with van der Waals surface area (Å²) in [6.45, 7) is 2.22. The summed E-state index contributed by atoms with van der Waals surface area (Å²) < 4.78 is 0. The minimum atomic E-state index is -0.166. The SMILES string of the molecule is CCc1ccccc1NC(=O)NC1CCCCCC1CO. The highest BCUT2D eigenvalue weighted by molar-refractivity contribution is 5.90. The van der Waals surface area contributed by atoms with E-state index in [-0.39, 0.29) is 24.6 Å². The van der Waals surface area contributed by atoms with Crippen LogP contribution >= 0.6 is 0 Å². The van der Waals surface area contributed by atoms with Gasteiger partial charge in [0, 0.05) is 24.3 Å². The summed E-state index contributed by atoms with van der Waals surface area (Å²) >= 11 is 0. The van der Waals surface area contributed by atoms with E-state index in [0.717, 1.165) is 43.4 Å². The lowest BCUT2D eigenvalue weighted by atomic mass is 9.96. The van der Waals surface area contributed by atoms with E-state index in [4.69, 9.17) is 0 Å². The quantitative estimate of drug-likeness (QED) is 0.745. The minimum Gasteiger partial charge on any atom is -0.396 e. The van der Waals surface area contributed by atoms with Crippen molar-refractivity contribution in [3.8, 4) is 0 Å². The highest BCUT2D eigenvalue weighted by Crippen LogP contribution is 2.23. The standard InChI is InChI=1S/C17H26N2O2/c1-2-13-8-6-7-11-15(13)18-17(21)19-16-10-5-3-4-9-14(16)12-20/h6-8,11,14,16,20H,2-5,9-10,12H2,1H3,(H2,18,19,21). The Balaban J connectivity index is 1.96. The molecule has 0 saturated heterocycles. The van der Waals surface area contributed by atoms with Crippen LogP contribution in [0, 0.1) is 5.92 Å². The van der Waals surface area contributed by atoms with Gasteiger partial charge in [-0.3, -0.25) is 0 Å². The van der Waals surface area contributed by atoms with Gasteiger partial charge in [-0.1, -0.05) is 44.4 Å². The predicted octanol–water partition coefficient (Wildman–Crippen LogP) is 3.31. The van der Waals surface area contributed by atoms with Gasteiger partial charge in [-0.15, -0.1) is 0 Å². The first-order chi connectivity index (χ1) is 10.2. The van der Waals surface area contributed by atoms with Crippen LogP contribution in [-0.4, -0.2) is 23.8 Å². The van der Waals surface area contributed by atoms with Crippen molar-refractivity contribution in [2.24, 2.45) is 5.92 Å². The van der Waals surface area contributed by atoms with Crippen LogP contribution in [-0.2, 0) is 6.42 Å². The van der Waals surface area contributed by atoms with Gasteiger partial charge in [-0.05, 0) is 30.9 Å². The van der Waals surface area contributed by atoms with Crippen LogP contribution in [0.5, 0.6) is 0 Å². The molecule has 1 aromatic carbocycles. The number of benzene rings is 1. The van der Waals surface area contributed by atoms with Crippen molar-refractivity contribution in [3.05, 3.63) is 29.8 Å². The Morgan fingerprint density at radius 2 is 2.00 bits per heavy atom. The number of para-hydroxylation sites is 1. The van der Waals surface area contributed by atoms with Crippen molar-refractivity contribution < 1.29 is 9.90 Å². The van der Waals surface area contributed by atoms with Crippen molar-refractivity contribution in [1.82, 2.24) is 5.32 Å². The number of aryl methyl sites for hydroxylation is 1. The molecule has 0 radical (unpaired) electrons. The van der Waals surface area contributed by atoms with E-state index in [1.165, 1.54) is 6.42 Å². The largest absolute Gasteiger partial charge is 0.396 e. The van der Waals surface area contributed by atoms with E-state index in [0.29, 0.717) is 0 Å². The molecule has 0 aliphatic heterocycles. The summed E-state index contributed by atoms with van der Waals surface area (Å²) in [4.78, 5) is 12.2. The van der Waals surface area contributed by atoms with Crippen LogP contribution in [0.15, 0.2) is 24.3 Å². The second-order valence-corrected chi connectivity index (χ2v) is 5.80. The molecule has 1 aliphatic rings. The van der Waals surface area contributed by atoms with Crippen molar-refractivity contribution >= 4 is 11.7 Å². The average Bonchev–Trinajstić information content (AvgIpc) is 2.72. The highest BCUT2D eigenvalue weighted by atomic mass is 16.3. The van der Waals surface area contributed by atoms with Gasteiger partial charge in [-0.2, -0.15) is 0 Å². The number of carbonyl (C=O) groups is 1. The maximum atomic E-state index is 12.2. The molecular weight excluding hydrogens is 264 g/mol. The van der Waals surface area contributed by atoms with Gasteiger partial charge in [-0.25, -0.2) is 4.79 Å². The molecule has 3 N–H and O–H groups in total. The second kappa shape index (κ2) is 8.03.